The van der Waals surface area contributed by atoms with Crippen molar-refractivity contribution in [2.24, 2.45) is 0 Å². The Kier molecular flexibility index (Phi) is 4.46. The van der Waals surface area contributed by atoms with Crippen LogP contribution in [0.15, 0.2) is 10.5 Å². The Morgan fingerprint density at radius 1 is 1.44 bits per heavy atom. The Morgan fingerprint density at radius 3 is 2.78 bits per heavy atom. The zero-order chi connectivity index (χ0) is 13.1. The number of hydrogen-bond acceptors (Lipinski definition) is 3. The van der Waals surface area contributed by atoms with E-state index >= 15 is 0 Å². The second-order valence-electron chi connectivity index (χ2n) is 5.69. The number of hydrogen-bond donors (Lipinski definition) is 2. The summed E-state index contributed by atoms with van der Waals surface area (Å²) in [4.78, 5) is 0. The Hall–Kier alpha value is -0.800. The summed E-state index contributed by atoms with van der Waals surface area (Å²) in [5, 5.41) is 7.23. The molecule has 0 spiro atoms. The van der Waals surface area contributed by atoms with E-state index in [0.29, 0.717) is 18.1 Å². The van der Waals surface area contributed by atoms with E-state index in [2.05, 4.69) is 30.5 Å². The molecule has 1 aromatic rings. The van der Waals surface area contributed by atoms with Crippen LogP contribution in [0.5, 0.6) is 0 Å². The molecule has 18 heavy (non-hydrogen) atoms. The van der Waals surface area contributed by atoms with Gasteiger partial charge in [0.15, 0.2) is 0 Å². The fraction of sp³-hybridized carbons (Fsp3) is 0.733. The summed E-state index contributed by atoms with van der Waals surface area (Å²) in [6.45, 7) is 9.74. The SMILES string of the molecule is Cc1cc(C(C)NC(C)CC2CCCN2)c(C)o1. The van der Waals surface area contributed by atoms with E-state index in [1.807, 2.05) is 13.8 Å². The van der Waals surface area contributed by atoms with Crippen molar-refractivity contribution in [1.29, 1.82) is 0 Å². The lowest BCUT2D eigenvalue weighted by molar-refractivity contribution is 0.403. The molecular weight excluding hydrogens is 224 g/mol. The molecule has 1 saturated heterocycles. The van der Waals surface area contributed by atoms with Crippen molar-refractivity contribution in [1.82, 2.24) is 10.6 Å². The average molecular weight is 250 g/mol. The van der Waals surface area contributed by atoms with Gasteiger partial charge in [-0.1, -0.05) is 0 Å². The van der Waals surface area contributed by atoms with Crippen molar-refractivity contribution in [2.45, 2.75) is 65.1 Å². The smallest absolute Gasteiger partial charge is 0.105 e. The first-order chi connectivity index (χ1) is 8.56. The van der Waals surface area contributed by atoms with Gasteiger partial charge in [0.05, 0.1) is 0 Å². The quantitative estimate of drug-likeness (QED) is 0.843. The third-order valence-corrected chi connectivity index (χ3v) is 3.88. The summed E-state index contributed by atoms with van der Waals surface area (Å²) in [5.41, 5.74) is 1.29. The molecule has 2 heterocycles. The van der Waals surface area contributed by atoms with Gasteiger partial charge in [-0.05, 0) is 59.6 Å². The van der Waals surface area contributed by atoms with E-state index in [-0.39, 0.29) is 0 Å². The Morgan fingerprint density at radius 2 is 2.22 bits per heavy atom. The van der Waals surface area contributed by atoms with Crippen LogP contribution in [0.1, 0.15) is 56.2 Å². The largest absolute Gasteiger partial charge is 0.466 e. The highest BCUT2D eigenvalue weighted by molar-refractivity contribution is 5.23. The van der Waals surface area contributed by atoms with Gasteiger partial charge >= 0.3 is 0 Å². The van der Waals surface area contributed by atoms with Crippen molar-refractivity contribution in [3.05, 3.63) is 23.2 Å². The zero-order valence-corrected chi connectivity index (χ0v) is 12.0. The summed E-state index contributed by atoms with van der Waals surface area (Å²) >= 11 is 0. The molecule has 3 unspecified atom stereocenters. The summed E-state index contributed by atoms with van der Waals surface area (Å²) in [6, 6.07) is 3.74. The van der Waals surface area contributed by atoms with Crippen LogP contribution in [-0.2, 0) is 0 Å². The molecule has 0 bridgehead atoms. The Labute approximate surface area is 110 Å². The van der Waals surface area contributed by atoms with E-state index in [9.17, 15) is 0 Å². The maximum Gasteiger partial charge on any atom is 0.105 e. The molecule has 0 amide bonds. The van der Waals surface area contributed by atoms with Gasteiger partial charge in [0.25, 0.3) is 0 Å². The van der Waals surface area contributed by atoms with Crippen LogP contribution in [0.4, 0.5) is 0 Å². The van der Waals surface area contributed by atoms with Crippen LogP contribution < -0.4 is 10.6 Å². The number of rotatable bonds is 5. The topological polar surface area (TPSA) is 37.2 Å². The lowest BCUT2D eigenvalue weighted by Crippen LogP contribution is -2.35. The van der Waals surface area contributed by atoms with Crippen LogP contribution in [0, 0.1) is 13.8 Å². The molecule has 1 aromatic heterocycles. The Bertz CT molecular complexity index is 380. The highest BCUT2D eigenvalue weighted by Crippen LogP contribution is 2.22. The average Bonchev–Trinajstić information content (AvgIpc) is 2.88. The van der Waals surface area contributed by atoms with Crippen LogP contribution in [0.25, 0.3) is 0 Å². The molecule has 1 aliphatic heterocycles. The van der Waals surface area contributed by atoms with Crippen molar-refractivity contribution in [3.63, 3.8) is 0 Å². The summed E-state index contributed by atoms with van der Waals surface area (Å²) in [5.74, 6) is 2.04. The van der Waals surface area contributed by atoms with E-state index in [4.69, 9.17) is 4.42 Å². The molecule has 2 rings (SSSR count). The second kappa shape index (κ2) is 5.89. The standard InChI is InChI=1S/C15H26N2O/c1-10(8-14-6-5-7-16-14)17-12(3)15-9-11(2)18-13(15)4/h9-10,12,14,16-17H,5-8H2,1-4H3. The van der Waals surface area contributed by atoms with E-state index in [1.54, 1.807) is 0 Å². The minimum atomic E-state index is 0.360. The molecule has 0 aliphatic carbocycles. The fourth-order valence-electron chi connectivity index (χ4n) is 3.05. The van der Waals surface area contributed by atoms with E-state index < -0.39 is 0 Å². The van der Waals surface area contributed by atoms with Gasteiger partial charge in [-0.15, -0.1) is 0 Å². The van der Waals surface area contributed by atoms with Gasteiger partial charge in [0.1, 0.15) is 11.5 Å². The molecule has 0 radical (unpaired) electrons. The highest BCUT2D eigenvalue weighted by atomic mass is 16.3. The molecular formula is C15H26N2O. The van der Waals surface area contributed by atoms with Crippen LogP contribution in [0.3, 0.4) is 0 Å². The van der Waals surface area contributed by atoms with Gasteiger partial charge in [-0.2, -0.15) is 0 Å². The van der Waals surface area contributed by atoms with Crippen molar-refractivity contribution < 1.29 is 4.42 Å². The predicted octanol–water partition coefficient (Wildman–Crippen LogP) is 3.08. The number of nitrogens with one attached hydrogen (secondary N) is 2. The first kappa shape index (κ1) is 13.6. The molecule has 0 saturated carbocycles. The van der Waals surface area contributed by atoms with E-state index in [1.165, 1.54) is 31.4 Å². The molecule has 0 aromatic carbocycles. The van der Waals surface area contributed by atoms with E-state index in [0.717, 1.165) is 11.5 Å². The number of furan rings is 1. The van der Waals surface area contributed by atoms with Gasteiger partial charge in [-0.3, -0.25) is 0 Å². The maximum absolute atomic E-state index is 5.60. The van der Waals surface area contributed by atoms with Gasteiger partial charge in [-0.25, -0.2) is 0 Å². The third kappa shape index (κ3) is 3.36. The predicted molar refractivity (Wildman–Crippen MR) is 74.8 cm³/mol. The fourth-order valence-corrected chi connectivity index (χ4v) is 3.05. The monoisotopic (exact) mass is 250 g/mol. The Balaban J connectivity index is 1.86. The van der Waals surface area contributed by atoms with Crippen LogP contribution in [-0.4, -0.2) is 18.6 Å². The van der Waals surface area contributed by atoms with Crippen molar-refractivity contribution >= 4 is 0 Å². The molecule has 3 atom stereocenters. The van der Waals surface area contributed by atoms with Gasteiger partial charge in [0, 0.05) is 23.7 Å². The molecule has 1 fully saturated rings. The first-order valence-electron chi connectivity index (χ1n) is 7.12. The minimum absolute atomic E-state index is 0.360. The minimum Gasteiger partial charge on any atom is -0.466 e. The maximum atomic E-state index is 5.60. The zero-order valence-electron chi connectivity index (χ0n) is 12.0. The van der Waals surface area contributed by atoms with Gasteiger partial charge < -0.3 is 15.1 Å². The first-order valence-corrected chi connectivity index (χ1v) is 7.12. The highest BCUT2D eigenvalue weighted by Gasteiger charge is 2.19. The molecule has 3 heteroatoms. The molecule has 102 valence electrons. The lowest BCUT2D eigenvalue weighted by atomic mass is 10.0. The third-order valence-electron chi connectivity index (χ3n) is 3.88. The summed E-state index contributed by atoms with van der Waals surface area (Å²) in [7, 11) is 0. The number of aryl methyl sites for hydroxylation is 2. The molecule has 1 aliphatic rings. The van der Waals surface area contributed by atoms with Crippen LogP contribution >= 0.6 is 0 Å². The normalized spacial score (nSPS) is 23.2. The molecule has 2 N–H and O–H groups in total. The van der Waals surface area contributed by atoms with Crippen LogP contribution in [0.2, 0.25) is 0 Å². The lowest BCUT2D eigenvalue weighted by Gasteiger charge is -2.22. The second-order valence-corrected chi connectivity index (χ2v) is 5.69. The molecule has 3 nitrogen and oxygen atoms in total. The summed E-state index contributed by atoms with van der Waals surface area (Å²) in [6.07, 6.45) is 3.86. The summed E-state index contributed by atoms with van der Waals surface area (Å²) < 4.78 is 5.60. The van der Waals surface area contributed by atoms with Crippen molar-refractivity contribution in [2.75, 3.05) is 6.54 Å². The van der Waals surface area contributed by atoms with Gasteiger partial charge in [0.2, 0.25) is 0 Å². The van der Waals surface area contributed by atoms with Crippen molar-refractivity contribution in [3.8, 4) is 0 Å².